The number of carbonyl (C=O) groups excluding carboxylic acids is 4. The number of amides is 4. The van der Waals surface area contributed by atoms with Crippen LogP contribution < -0.4 is 10.6 Å². The highest BCUT2D eigenvalue weighted by atomic mass is 16.5. The summed E-state index contributed by atoms with van der Waals surface area (Å²) >= 11 is 0. The fourth-order valence-corrected chi connectivity index (χ4v) is 7.14. The lowest BCUT2D eigenvalue weighted by molar-refractivity contribution is -0.154. The van der Waals surface area contributed by atoms with Gasteiger partial charge in [0.1, 0.15) is 24.4 Å². The first kappa shape index (κ1) is 27.8. The van der Waals surface area contributed by atoms with Gasteiger partial charge in [-0.1, -0.05) is 6.42 Å². The van der Waals surface area contributed by atoms with Crippen LogP contribution in [-0.2, 0) is 28.7 Å². The third-order valence-electron chi connectivity index (χ3n) is 9.71. The zero-order valence-electron chi connectivity index (χ0n) is 22.8. The van der Waals surface area contributed by atoms with Crippen molar-refractivity contribution < 1.29 is 38.9 Å². The van der Waals surface area contributed by atoms with Crippen molar-refractivity contribution in [1.82, 2.24) is 25.3 Å². The number of carbonyl (C=O) groups is 4. The summed E-state index contributed by atoms with van der Waals surface area (Å²) in [6.45, 7) is 2.12. The maximum Gasteiger partial charge on any atom is 0.244 e. The molecule has 5 saturated heterocycles. The molecule has 0 unspecified atom stereocenters. The van der Waals surface area contributed by atoms with Gasteiger partial charge in [0.05, 0.1) is 25.1 Å². The van der Waals surface area contributed by atoms with Crippen LogP contribution in [0.2, 0.25) is 0 Å². The van der Waals surface area contributed by atoms with E-state index in [-0.39, 0.29) is 61.8 Å². The highest BCUT2D eigenvalue weighted by Crippen LogP contribution is 2.33. The van der Waals surface area contributed by atoms with Gasteiger partial charge in [-0.3, -0.25) is 24.1 Å². The number of hydrogen-bond donors (Lipinski definition) is 4. The monoisotopic (exact) mass is 563 g/mol. The van der Waals surface area contributed by atoms with Crippen LogP contribution in [0.1, 0.15) is 44.9 Å². The Bertz CT molecular complexity index is 1000. The topological polar surface area (TPSA) is 161 Å². The average molecular weight is 564 g/mol. The average Bonchev–Trinajstić information content (AvgIpc) is 3.45. The maximum absolute atomic E-state index is 14.0. The third kappa shape index (κ3) is 5.34. The zero-order chi connectivity index (χ0) is 28.0. The first-order valence-corrected chi connectivity index (χ1v) is 14.8. The van der Waals surface area contributed by atoms with E-state index >= 15 is 0 Å². The molecule has 1 aliphatic carbocycles. The van der Waals surface area contributed by atoms with Crippen LogP contribution >= 0.6 is 0 Å². The number of ether oxygens (including phenoxy) is 2. The Morgan fingerprint density at radius 3 is 2.40 bits per heavy atom. The molecule has 6 fully saturated rings. The summed E-state index contributed by atoms with van der Waals surface area (Å²) in [4.78, 5) is 59.5. The Hall–Kier alpha value is -2.32. The second kappa shape index (κ2) is 11.5. The molecular weight excluding hydrogens is 522 g/mol. The summed E-state index contributed by atoms with van der Waals surface area (Å²) in [5, 5.41) is 27.0. The van der Waals surface area contributed by atoms with Gasteiger partial charge in [-0.25, -0.2) is 0 Å². The van der Waals surface area contributed by atoms with Crippen LogP contribution in [0.5, 0.6) is 0 Å². The number of nitrogens with zero attached hydrogens (tertiary/aromatic N) is 3. The van der Waals surface area contributed by atoms with Crippen LogP contribution in [0, 0.1) is 5.92 Å². The first-order chi connectivity index (χ1) is 19.3. The van der Waals surface area contributed by atoms with E-state index in [0.29, 0.717) is 45.6 Å². The summed E-state index contributed by atoms with van der Waals surface area (Å²) in [5.41, 5.74) is 0. The number of hydrogen-bond acceptors (Lipinski definition) is 9. The Labute approximate surface area is 233 Å². The molecule has 0 spiro atoms. The molecule has 6 rings (SSSR count). The Balaban J connectivity index is 1.27. The lowest BCUT2D eigenvalue weighted by Crippen LogP contribution is -2.64. The molecule has 1 saturated carbocycles. The van der Waals surface area contributed by atoms with Crippen LogP contribution in [0.15, 0.2) is 0 Å². The minimum absolute atomic E-state index is 0.0686. The summed E-state index contributed by atoms with van der Waals surface area (Å²) in [7, 11) is 0. The van der Waals surface area contributed by atoms with E-state index in [1.165, 1.54) is 0 Å². The van der Waals surface area contributed by atoms with E-state index in [1.54, 1.807) is 9.80 Å². The van der Waals surface area contributed by atoms with E-state index in [9.17, 15) is 29.4 Å². The van der Waals surface area contributed by atoms with Crippen molar-refractivity contribution in [3.8, 4) is 0 Å². The van der Waals surface area contributed by atoms with Gasteiger partial charge < -0.3 is 40.1 Å². The van der Waals surface area contributed by atoms with Crippen molar-refractivity contribution >= 4 is 23.6 Å². The minimum atomic E-state index is -1.27. The van der Waals surface area contributed by atoms with Gasteiger partial charge in [-0.15, -0.1) is 0 Å². The quantitative estimate of drug-likeness (QED) is 0.286. The van der Waals surface area contributed by atoms with Crippen molar-refractivity contribution in [3.63, 3.8) is 0 Å². The van der Waals surface area contributed by atoms with Gasteiger partial charge >= 0.3 is 0 Å². The van der Waals surface area contributed by atoms with Gasteiger partial charge in [0.2, 0.25) is 23.6 Å². The highest BCUT2D eigenvalue weighted by Gasteiger charge is 2.48. The normalized spacial score (nSPS) is 38.6. The van der Waals surface area contributed by atoms with Gasteiger partial charge in [-0.2, -0.15) is 0 Å². The van der Waals surface area contributed by atoms with E-state index in [1.807, 2.05) is 0 Å². The zero-order valence-corrected chi connectivity index (χ0v) is 22.8. The predicted molar refractivity (Wildman–Crippen MR) is 139 cm³/mol. The molecule has 40 heavy (non-hydrogen) atoms. The molecule has 4 amide bonds. The standard InChI is InChI=1S/C27H41N5O8/c33-22-11-20-23(34)24(35)21(40-20)12-28-25(36)19-14-30(6-7-31(19)26(37)15-4-8-39-9-5-15)27(38)18-10-16(29-22)13-32(18)17-2-1-3-17/h15-21,23-24,34-35H,1-14H2,(H,28,36)(H,29,33)/t16-,18-,19-,20-,21+,23-,24+/m0/s1. The number of nitrogens with one attached hydrogen (secondary N) is 2. The van der Waals surface area contributed by atoms with Gasteiger partial charge in [0, 0.05) is 57.4 Å². The van der Waals surface area contributed by atoms with E-state index in [0.717, 1.165) is 19.3 Å². The summed E-state index contributed by atoms with van der Waals surface area (Å²) in [5.74, 6) is -1.14. The van der Waals surface area contributed by atoms with Crippen LogP contribution in [0.25, 0.3) is 0 Å². The molecule has 0 radical (unpaired) electrons. The van der Waals surface area contributed by atoms with E-state index in [2.05, 4.69) is 15.5 Å². The van der Waals surface area contributed by atoms with Gasteiger partial charge in [-0.05, 0) is 32.1 Å². The lowest BCUT2D eigenvalue weighted by Gasteiger charge is -2.44. The molecular formula is C27H41N5O8. The second-order valence-corrected chi connectivity index (χ2v) is 12.2. The van der Waals surface area contributed by atoms with Crippen molar-refractivity contribution in [2.75, 3.05) is 45.9 Å². The number of likely N-dealkylation sites (tertiary alicyclic amines) is 1. The molecule has 6 bridgehead atoms. The number of aliphatic hydroxyl groups is 2. The molecule has 0 aromatic heterocycles. The largest absolute Gasteiger partial charge is 0.388 e. The van der Waals surface area contributed by atoms with Crippen molar-refractivity contribution in [2.45, 2.75) is 93.5 Å². The van der Waals surface area contributed by atoms with Crippen molar-refractivity contribution in [1.29, 1.82) is 0 Å². The molecule has 0 aromatic rings. The fourth-order valence-electron chi connectivity index (χ4n) is 7.14. The van der Waals surface area contributed by atoms with Crippen LogP contribution in [-0.4, -0.2) is 143 Å². The number of piperazine rings is 1. The first-order valence-electron chi connectivity index (χ1n) is 14.8. The number of aliphatic hydroxyl groups excluding tert-OH is 2. The molecule has 7 atom stereocenters. The van der Waals surface area contributed by atoms with Gasteiger partial charge in [0.25, 0.3) is 0 Å². The van der Waals surface area contributed by atoms with Gasteiger partial charge in [0.15, 0.2) is 0 Å². The summed E-state index contributed by atoms with van der Waals surface area (Å²) in [6.07, 6.45) is 0.259. The smallest absolute Gasteiger partial charge is 0.244 e. The molecule has 13 nitrogen and oxygen atoms in total. The maximum atomic E-state index is 14.0. The highest BCUT2D eigenvalue weighted by molar-refractivity contribution is 5.91. The molecule has 0 aromatic carbocycles. The summed E-state index contributed by atoms with van der Waals surface area (Å²) in [6, 6.07) is -1.24. The fraction of sp³-hybridized carbons (Fsp3) is 0.852. The third-order valence-corrected chi connectivity index (χ3v) is 9.71. The Morgan fingerprint density at radius 1 is 0.925 bits per heavy atom. The lowest BCUT2D eigenvalue weighted by atomic mass is 9.91. The Morgan fingerprint density at radius 2 is 1.68 bits per heavy atom. The minimum Gasteiger partial charge on any atom is -0.388 e. The summed E-state index contributed by atoms with van der Waals surface area (Å²) < 4.78 is 11.2. The van der Waals surface area contributed by atoms with Crippen LogP contribution in [0.3, 0.4) is 0 Å². The number of fused-ring (bicyclic) bond motifs is 6. The van der Waals surface area contributed by atoms with Crippen LogP contribution in [0.4, 0.5) is 0 Å². The molecule has 13 heteroatoms. The van der Waals surface area contributed by atoms with Crippen molar-refractivity contribution in [2.24, 2.45) is 5.92 Å². The molecule has 5 aliphatic heterocycles. The van der Waals surface area contributed by atoms with Crippen molar-refractivity contribution in [3.05, 3.63) is 0 Å². The van der Waals surface area contributed by atoms with E-state index < -0.39 is 42.4 Å². The Kier molecular flexibility index (Phi) is 8.01. The molecule has 5 heterocycles. The van der Waals surface area contributed by atoms with E-state index in [4.69, 9.17) is 9.47 Å². The molecule has 4 N–H and O–H groups in total. The second-order valence-electron chi connectivity index (χ2n) is 12.2. The SMILES string of the molecule is O=C1C[C@@H]2O[C@H](CNC(=O)[C@@H]3CN(CCN3C(=O)C3CCOCC3)C(=O)[C@@H]3C[C@@H](CN3C3CCC3)N1)[C@@H](O)[C@H]2O. The number of rotatable bonds is 2. The molecule has 6 aliphatic rings. The molecule has 222 valence electrons. The predicted octanol–water partition coefficient (Wildman–Crippen LogP) is -2.43.